The summed E-state index contributed by atoms with van der Waals surface area (Å²) >= 11 is 0. The van der Waals surface area contributed by atoms with E-state index in [-0.39, 0.29) is 56.1 Å². The lowest BCUT2D eigenvalue weighted by Gasteiger charge is -2.33. The quantitative estimate of drug-likeness (QED) is 0.387. The molecule has 0 aliphatic carbocycles. The van der Waals surface area contributed by atoms with E-state index in [1.165, 1.54) is 15.2 Å². The molecule has 2 heterocycles. The Morgan fingerprint density at radius 2 is 1.81 bits per heavy atom. The van der Waals surface area contributed by atoms with Crippen molar-refractivity contribution in [2.75, 3.05) is 51.8 Å². The largest absolute Gasteiger partial charge is 0.491 e. The number of nitrogens with zero attached hydrogens (tertiary/aromatic N) is 5. The molecule has 1 saturated heterocycles. The van der Waals surface area contributed by atoms with Crippen molar-refractivity contribution in [1.29, 1.82) is 0 Å². The molecule has 0 radical (unpaired) electrons. The first-order valence-electron chi connectivity index (χ1n) is 12.6. The predicted molar refractivity (Wildman–Crippen MR) is 136 cm³/mol. The number of alkyl halides is 1. The molecule has 0 atom stereocenters. The molecule has 13 heteroatoms. The lowest BCUT2D eigenvalue weighted by atomic mass is 10.1. The highest BCUT2D eigenvalue weighted by atomic mass is 32.2. The van der Waals surface area contributed by atoms with Crippen LogP contribution in [-0.4, -0.2) is 96.2 Å². The molecule has 0 spiro atoms. The van der Waals surface area contributed by atoms with Crippen LogP contribution in [0.2, 0.25) is 0 Å². The summed E-state index contributed by atoms with van der Waals surface area (Å²) in [5.41, 5.74) is 1.06. The highest BCUT2D eigenvalue weighted by Gasteiger charge is 2.29. The maximum atomic E-state index is 13.0. The van der Waals surface area contributed by atoms with Crippen molar-refractivity contribution in [3.8, 4) is 11.4 Å². The molecule has 0 bridgehead atoms. The Morgan fingerprint density at radius 3 is 2.49 bits per heavy atom. The fourth-order valence-electron chi connectivity index (χ4n) is 3.95. The van der Waals surface area contributed by atoms with Crippen LogP contribution in [0, 0.1) is 0 Å². The number of rotatable bonds is 13. The van der Waals surface area contributed by atoms with Gasteiger partial charge in [0.05, 0.1) is 25.2 Å². The number of unbranched alkanes of at least 4 members (excludes halogenated alkanes) is 3. The van der Waals surface area contributed by atoms with Gasteiger partial charge in [-0.3, -0.25) is 14.0 Å². The molecule has 1 aromatic carbocycles. The summed E-state index contributed by atoms with van der Waals surface area (Å²) in [6.07, 6.45) is 4.35. The number of halogens is 1. The van der Waals surface area contributed by atoms with Gasteiger partial charge in [-0.1, -0.05) is 11.6 Å². The van der Waals surface area contributed by atoms with Gasteiger partial charge in [0.2, 0.25) is 10.0 Å². The summed E-state index contributed by atoms with van der Waals surface area (Å²) in [4.78, 5) is 26.9. The number of sulfonamides is 1. The topological polar surface area (TPSA) is 127 Å². The first-order chi connectivity index (χ1) is 17.8. The van der Waals surface area contributed by atoms with Crippen LogP contribution in [0.15, 0.2) is 24.4 Å². The van der Waals surface area contributed by atoms with Crippen LogP contribution in [0.4, 0.5) is 4.39 Å². The van der Waals surface area contributed by atoms with Gasteiger partial charge in [-0.05, 0) is 51.3 Å². The van der Waals surface area contributed by atoms with Gasteiger partial charge >= 0.3 is 0 Å². The normalized spacial score (nSPS) is 14.5. The second kappa shape index (κ2) is 13.5. The van der Waals surface area contributed by atoms with Crippen molar-refractivity contribution in [3.63, 3.8) is 0 Å². The minimum absolute atomic E-state index is 0.0240. The third-order valence-corrected chi connectivity index (χ3v) is 7.97. The second-order valence-corrected chi connectivity index (χ2v) is 10.9. The molecule has 1 aromatic heterocycles. The summed E-state index contributed by atoms with van der Waals surface area (Å²) in [7, 11) is -3.30. The Hall–Kier alpha value is -3.06. The molecule has 11 nitrogen and oxygen atoms in total. The molecule has 37 heavy (non-hydrogen) atoms. The average molecular weight is 539 g/mol. The Balaban J connectivity index is 1.73. The van der Waals surface area contributed by atoms with Crippen LogP contribution in [0.5, 0.6) is 5.75 Å². The molecule has 1 aliphatic heterocycles. The molecule has 2 amide bonds. The number of hydrogen-bond donors (Lipinski definition) is 1. The van der Waals surface area contributed by atoms with Crippen LogP contribution < -0.4 is 10.1 Å². The average Bonchev–Trinajstić information content (AvgIpc) is 3.40. The van der Waals surface area contributed by atoms with Gasteiger partial charge in [0, 0.05) is 38.3 Å². The highest BCUT2D eigenvalue weighted by Crippen LogP contribution is 2.25. The number of carbonyl (C=O) groups excluding carboxylic acids is 2. The van der Waals surface area contributed by atoms with Crippen LogP contribution in [-0.2, 0) is 10.0 Å². The molecule has 204 valence electrons. The maximum Gasteiger partial charge on any atom is 0.276 e. The summed E-state index contributed by atoms with van der Waals surface area (Å²) < 4.78 is 45.2. The molecular weight excluding hydrogens is 503 g/mol. The lowest BCUT2D eigenvalue weighted by molar-refractivity contribution is 0.0691. The zero-order chi connectivity index (χ0) is 26.8. The summed E-state index contributed by atoms with van der Waals surface area (Å²) in [6.45, 7) is 4.96. The number of amides is 2. The molecule has 3 rings (SSSR count). The summed E-state index contributed by atoms with van der Waals surface area (Å²) in [6, 6.07) is 4.95. The summed E-state index contributed by atoms with van der Waals surface area (Å²) in [5.74, 6) is -0.137. The van der Waals surface area contributed by atoms with Crippen molar-refractivity contribution in [1.82, 2.24) is 29.5 Å². The predicted octanol–water partition coefficient (Wildman–Crippen LogP) is 2.03. The number of benzene rings is 1. The van der Waals surface area contributed by atoms with Crippen LogP contribution >= 0.6 is 0 Å². The van der Waals surface area contributed by atoms with Crippen molar-refractivity contribution in [3.05, 3.63) is 35.7 Å². The Morgan fingerprint density at radius 1 is 1.08 bits per heavy atom. The Bertz CT molecular complexity index is 1160. The Kier molecular flexibility index (Phi) is 10.4. The lowest BCUT2D eigenvalue weighted by Crippen LogP contribution is -2.50. The fraction of sp³-hybridized carbons (Fsp3) is 0.583. The van der Waals surface area contributed by atoms with Gasteiger partial charge in [0.15, 0.2) is 5.69 Å². The zero-order valence-corrected chi connectivity index (χ0v) is 22.2. The zero-order valence-electron chi connectivity index (χ0n) is 21.4. The smallest absolute Gasteiger partial charge is 0.276 e. The molecular formula is C24H35FN6O5S. The third-order valence-electron chi connectivity index (χ3n) is 6.09. The SMILES string of the molecule is CCNC(=O)c1ccc(-n2cc(C(=O)N3CCN(S(=O)(=O)CC)CC3)nn2)c(OCCCCCCF)c1. The van der Waals surface area contributed by atoms with E-state index in [0.29, 0.717) is 36.6 Å². The van der Waals surface area contributed by atoms with Crippen molar-refractivity contribution >= 4 is 21.8 Å². The van der Waals surface area contributed by atoms with Crippen LogP contribution in [0.1, 0.15) is 60.4 Å². The first kappa shape index (κ1) is 28.5. The van der Waals surface area contributed by atoms with Crippen molar-refractivity contribution < 1.29 is 27.1 Å². The van der Waals surface area contributed by atoms with Crippen molar-refractivity contribution in [2.24, 2.45) is 0 Å². The number of hydrogen-bond acceptors (Lipinski definition) is 7. The minimum atomic E-state index is -3.30. The van der Waals surface area contributed by atoms with E-state index in [1.54, 1.807) is 30.0 Å². The third kappa shape index (κ3) is 7.48. The Labute approximate surface area is 217 Å². The monoisotopic (exact) mass is 538 g/mol. The molecule has 1 aliphatic rings. The van der Waals surface area contributed by atoms with E-state index < -0.39 is 10.0 Å². The molecule has 1 fully saturated rings. The standard InChI is InChI=1S/C24H35FN6O5S/c1-3-26-23(32)19-9-10-21(22(17-19)36-16-8-6-5-7-11-25)31-18-20(27-28-31)24(33)29-12-14-30(15-13-29)37(34,35)4-2/h9-10,17-18H,3-8,11-16H2,1-2H3,(H,26,32). The fourth-order valence-corrected chi connectivity index (χ4v) is 5.03. The van der Waals surface area contributed by atoms with Gasteiger partial charge in [0.1, 0.15) is 11.4 Å². The van der Waals surface area contributed by atoms with E-state index in [1.807, 2.05) is 6.92 Å². The number of ether oxygens (including phenoxy) is 1. The summed E-state index contributed by atoms with van der Waals surface area (Å²) in [5, 5.41) is 10.9. The van der Waals surface area contributed by atoms with Crippen molar-refractivity contribution in [2.45, 2.75) is 39.5 Å². The van der Waals surface area contributed by atoms with E-state index in [9.17, 15) is 22.4 Å². The highest BCUT2D eigenvalue weighted by molar-refractivity contribution is 7.89. The van der Waals surface area contributed by atoms with E-state index in [2.05, 4.69) is 15.6 Å². The number of aromatic nitrogens is 3. The molecule has 0 saturated carbocycles. The minimum Gasteiger partial charge on any atom is -0.491 e. The van der Waals surface area contributed by atoms with E-state index in [0.717, 1.165) is 19.3 Å². The number of carbonyl (C=O) groups is 2. The van der Waals surface area contributed by atoms with Gasteiger partial charge in [0.25, 0.3) is 11.8 Å². The molecule has 0 unspecified atom stereocenters. The van der Waals surface area contributed by atoms with Gasteiger partial charge in [-0.15, -0.1) is 5.10 Å². The van der Waals surface area contributed by atoms with Crippen LogP contribution in [0.3, 0.4) is 0 Å². The van der Waals surface area contributed by atoms with E-state index >= 15 is 0 Å². The van der Waals surface area contributed by atoms with Gasteiger partial charge in [-0.25, -0.2) is 13.1 Å². The first-order valence-corrected chi connectivity index (χ1v) is 14.2. The van der Waals surface area contributed by atoms with Gasteiger partial charge < -0.3 is 15.0 Å². The van der Waals surface area contributed by atoms with Crippen LogP contribution in [0.25, 0.3) is 5.69 Å². The number of nitrogens with one attached hydrogen (secondary N) is 1. The molecule has 2 aromatic rings. The maximum absolute atomic E-state index is 13.0. The molecule has 1 N–H and O–H groups in total. The van der Waals surface area contributed by atoms with E-state index in [4.69, 9.17) is 4.74 Å². The number of piperazine rings is 1. The second-order valence-electron chi connectivity index (χ2n) is 8.63. The van der Waals surface area contributed by atoms with Gasteiger partial charge in [-0.2, -0.15) is 4.31 Å².